The number of aryl methyl sites for hydroxylation is 2. The molecule has 4 nitrogen and oxygen atoms in total. The van der Waals surface area contributed by atoms with E-state index in [1.807, 2.05) is 13.0 Å². The van der Waals surface area contributed by atoms with Crippen LogP contribution in [0, 0.1) is 13.8 Å². The van der Waals surface area contributed by atoms with Gasteiger partial charge in [-0.2, -0.15) is 0 Å². The quantitative estimate of drug-likeness (QED) is 0.723. The largest absolute Gasteiger partial charge is 0.508 e. The van der Waals surface area contributed by atoms with Crippen molar-refractivity contribution in [2.75, 3.05) is 0 Å². The fraction of sp³-hybridized carbons (Fsp3) is 0.133. The summed E-state index contributed by atoms with van der Waals surface area (Å²) in [5.41, 5.74) is 2.59. The van der Waals surface area contributed by atoms with Crippen LogP contribution in [0.3, 0.4) is 0 Å². The van der Waals surface area contributed by atoms with Crippen molar-refractivity contribution >= 4 is 11.9 Å². The smallest absolute Gasteiger partial charge is 0.141 e. The van der Waals surface area contributed by atoms with Gasteiger partial charge in [-0.15, -0.1) is 0 Å². The van der Waals surface area contributed by atoms with E-state index in [9.17, 15) is 15.3 Å². The molecule has 98 valence electrons. The predicted molar refractivity (Wildman–Crippen MR) is 74.6 cm³/mol. The van der Waals surface area contributed by atoms with Crippen LogP contribution in [0.15, 0.2) is 35.3 Å². The van der Waals surface area contributed by atoms with Crippen LogP contribution >= 0.6 is 0 Å². The average molecular weight is 257 g/mol. The van der Waals surface area contributed by atoms with Crippen molar-refractivity contribution in [1.82, 2.24) is 0 Å². The van der Waals surface area contributed by atoms with Crippen LogP contribution < -0.4 is 0 Å². The van der Waals surface area contributed by atoms with Crippen LogP contribution in [-0.4, -0.2) is 21.5 Å². The summed E-state index contributed by atoms with van der Waals surface area (Å²) in [5, 5.41) is 28.8. The van der Waals surface area contributed by atoms with E-state index in [-0.39, 0.29) is 17.2 Å². The summed E-state index contributed by atoms with van der Waals surface area (Å²) in [5.74, 6) is 0.0466. The van der Waals surface area contributed by atoms with Crippen molar-refractivity contribution in [1.29, 1.82) is 0 Å². The van der Waals surface area contributed by atoms with Gasteiger partial charge < -0.3 is 15.3 Å². The van der Waals surface area contributed by atoms with Crippen molar-refractivity contribution in [2.45, 2.75) is 13.8 Å². The Morgan fingerprint density at radius 2 is 1.68 bits per heavy atom. The zero-order valence-electron chi connectivity index (χ0n) is 10.8. The van der Waals surface area contributed by atoms with Crippen molar-refractivity contribution in [2.24, 2.45) is 4.99 Å². The second-order valence-electron chi connectivity index (χ2n) is 4.45. The lowest BCUT2D eigenvalue weighted by atomic mass is 10.1. The first-order valence-corrected chi connectivity index (χ1v) is 5.83. The van der Waals surface area contributed by atoms with Gasteiger partial charge in [-0.05, 0) is 43.2 Å². The Morgan fingerprint density at radius 1 is 0.947 bits per heavy atom. The van der Waals surface area contributed by atoms with Gasteiger partial charge in [-0.25, -0.2) is 0 Å². The summed E-state index contributed by atoms with van der Waals surface area (Å²) in [6.45, 7) is 3.64. The second kappa shape index (κ2) is 5.02. The van der Waals surface area contributed by atoms with Crippen molar-refractivity contribution in [3.63, 3.8) is 0 Å². The molecule has 0 bridgehead atoms. The summed E-state index contributed by atoms with van der Waals surface area (Å²) >= 11 is 0. The van der Waals surface area contributed by atoms with Gasteiger partial charge in [-0.1, -0.05) is 6.07 Å². The SMILES string of the molecule is Cc1ccc(N=Cc2c(C)cc(O)cc2O)c(O)c1. The first kappa shape index (κ1) is 13.0. The molecule has 0 radical (unpaired) electrons. The lowest BCUT2D eigenvalue weighted by Gasteiger charge is -2.05. The van der Waals surface area contributed by atoms with Crippen molar-refractivity contribution in [3.8, 4) is 17.2 Å². The number of phenols is 3. The number of rotatable bonds is 2. The topological polar surface area (TPSA) is 73.1 Å². The molecule has 0 atom stereocenters. The zero-order valence-corrected chi connectivity index (χ0v) is 10.8. The lowest BCUT2D eigenvalue weighted by molar-refractivity contribution is 0.449. The minimum atomic E-state index is -0.0483. The Labute approximate surface area is 111 Å². The van der Waals surface area contributed by atoms with Crippen LogP contribution in [0.2, 0.25) is 0 Å². The number of nitrogens with zero attached hydrogens (tertiary/aromatic N) is 1. The minimum Gasteiger partial charge on any atom is -0.508 e. The average Bonchev–Trinajstić information content (AvgIpc) is 2.30. The molecule has 0 heterocycles. The van der Waals surface area contributed by atoms with E-state index < -0.39 is 0 Å². The van der Waals surface area contributed by atoms with Crippen LogP contribution in [-0.2, 0) is 0 Å². The Bertz CT molecular complexity index is 625. The molecule has 0 saturated carbocycles. The monoisotopic (exact) mass is 257 g/mol. The second-order valence-corrected chi connectivity index (χ2v) is 4.45. The Balaban J connectivity index is 2.38. The number of phenolic OH excluding ortho intramolecular Hbond substituents is 3. The normalized spacial score (nSPS) is 11.1. The van der Waals surface area contributed by atoms with E-state index in [4.69, 9.17) is 0 Å². The highest BCUT2D eigenvalue weighted by Crippen LogP contribution is 2.29. The molecule has 2 rings (SSSR count). The van der Waals surface area contributed by atoms with Crippen LogP contribution in [0.25, 0.3) is 0 Å². The van der Waals surface area contributed by atoms with Gasteiger partial charge in [0.15, 0.2) is 0 Å². The van der Waals surface area contributed by atoms with Crippen molar-refractivity contribution in [3.05, 3.63) is 47.0 Å². The lowest BCUT2D eigenvalue weighted by Crippen LogP contribution is -1.88. The molecule has 4 heteroatoms. The number of hydrogen-bond acceptors (Lipinski definition) is 4. The third-order valence-corrected chi connectivity index (χ3v) is 2.81. The maximum absolute atomic E-state index is 9.75. The summed E-state index contributed by atoms with van der Waals surface area (Å²) in [6.07, 6.45) is 1.47. The predicted octanol–water partition coefficient (Wildman–Crippen LogP) is 3.17. The highest BCUT2D eigenvalue weighted by molar-refractivity contribution is 5.88. The molecule has 0 aliphatic carbocycles. The fourth-order valence-corrected chi connectivity index (χ4v) is 1.81. The summed E-state index contributed by atoms with van der Waals surface area (Å²) in [6, 6.07) is 7.96. The molecule has 0 saturated heterocycles. The van der Waals surface area contributed by atoms with Gasteiger partial charge in [0.25, 0.3) is 0 Å². The molecule has 19 heavy (non-hydrogen) atoms. The highest BCUT2D eigenvalue weighted by Gasteiger charge is 2.05. The number of benzene rings is 2. The Hall–Kier alpha value is -2.49. The first-order chi connectivity index (χ1) is 8.97. The van der Waals surface area contributed by atoms with Crippen LogP contribution in [0.5, 0.6) is 17.2 Å². The highest BCUT2D eigenvalue weighted by atomic mass is 16.3. The van der Waals surface area contributed by atoms with Gasteiger partial charge in [0.2, 0.25) is 0 Å². The molecular formula is C15H15NO3. The van der Waals surface area contributed by atoms with Crippen molar-refractivity contribution < 1.29 is 15.3 Å². The first-order valence-electron chi connectivity index (χ1n) is 5.83. The third kappa shape index (κ3) is 2.85. The molecular weight excluding hydrogens is 242 g/mol. The molecule has 0 amide bonds. The third-order valence-electron chi connectivity index (χ3n) is 2.81. The van der Waals surface area contributed by atoms with Gasteiger partial charge in [0.1, 0.15) is 22.9 Å². The summed E-state index contributed by atoms with van der Waals surface area (Å²) in [4.78, 5) is 4.15. The molecule has 0 aromatic heterocycles. The summed E-state index contributed by atoms with van der Waals surface area (Å²) in [7, 11) is 0. The van der Waals surface area contributed by atoms with E-state index >= 15 is 0 Å². The van der Waals surface area contributed by atoms with E-state index in [2.05, 4.69) is 4.99 Å². The van der Waals surface area contributed by atoms with Gasteiger partial charge in [0.05, 0.1) is 0 Å². The molecule has 2 aromatic rings. The van der Waals surface area contributed by atoms with E-state index in [0.717, 1.165) is 5.56 Å². The van der Waals surface area contributed by atoms with Gasteiger partial charge in [0, 0.05) is 17.8 Å². The fourth-order valence-electron chi connectivity index (χ4n) is 1.81. The minimum absolute atomic E-state index is 0.00494. The zero-order chi connectivity index (χ0) is 14.0. The van der Waals surface area contributed by atoms with Crippen LogP contribution in [0.1, 0.15) is 16.7 Å². The standard InChI is InChI=1S/C15H15NO3/c1-9-3-4-13(15(19)5-9)16-8-12-10(2)6-11(17)7-14(12)18/h3-8,17-19H,1-2H3. The van der Waals surface area contributed by atoms with E-state index in [0.29, 0.717) is 16.8 Å². The summed E-state index contributed by atoms with van der Waals surface area (Å²) < 4.78 is 0. The Kier molecular flexibility index (Phi) is 3.42. The number of aromatic hydroxyl groups is 3. The number of aliphatic imine (C=N–C) groups is 1. The molecule has 0 aliphatic heterocycles. The van der Waals surface area contributed by atoms with Gasteiger partial charge in [-0.3, -0.25) is 4.99 Å². The molecule has 0 unspecified atom stereocenters. The van der Waals surface area contributed by atoms with Gasteiger partial charge >= 0.3 is 0 Å². The maximum atomic E-state index is 9.75. The molecule has 0 spiro atoms. The molecule has 2 aromatic carbocycles. The molecule has 0 fully saturated rings. The van der Waals surface area contributed by atoms with Crippen LogP contribution in [0.4, 0.5) is 5.69 Å². The van der Waals surface area contributed by atoms with E-state index in [1.165, 1.54) is 18.3 Å². The molecule has 3 N–H and O–H groups in total. The molecule has 0 aliphatic rings. The maximum Gasteiger partial charge on any atom is 0.141 e. The number of hydrogen-bond donors (Lipinski definition) is 3. The van der Waals surface area contributed by atoms with E-state index in [1.54, 1.807) is 19.1 Å². The Morgan fingerprint density at radius 3 is 2.32 bits per heavy atom.